The molecule has 244 valence electrons. The van der Waals surface area contributed by atoms with Crippen LogP contribution in [0.4, 0.5) is 5.82 Å². The molecule has 0 amide bonds. The number of hydrogen-bond acceptors (Lipinski definition) is 20. The molecule has 22 nitrogen and oxygen atoms in total. The van der Waals surface area contributed by atoms with Crippen LogP contribution in [0.5, 0.6) is 0 Å². The SMILES string of the molecule is Nc1ccn([C@H]2O[C@@H](CO[P+](=O)O[P+](=O)O[P+](=O)O[P+](=O)OC[C@H]3O[C@@H](n4ccc(=S)[nH]c4=O)[C@H](O)[C@@H]3O)[C@H](O)[C@H]2O)c(=O)n1. The van der Waals surface area contributed by atoms with E-state index in [1.54, 1.807) is 0 Å². The number of ether oxygens (including phenoxy) is 2. The van der Waals surface area contributed by atoms with Crippen molar-refractivity contribution in [3.8, 4) is 0 Å². The Morgan fingerprint density at radius 1 is 0.800 bits per heavy atom. The third-order valence-electron chi connectivity index (χ3n) is 6.01. The first-order valence-corrected chi connectivity index (χ1v) is 16.9. The first-order chi connectivity index (χ1) is 21.2. The first-order valence-electron chi connectivity index (χ1n) is 12.1. The number of rotatable bonds is 14. The molecule has 4 unspecified atom stereocenters. The summed E-state index contributed by atoms with van der Waals surface area (Å²) in [4.78, 5) is 29.8. The lowest BCUT2D eigenvalue weighted by Crippen LogP contribution is -2.36. The average Bonchev–Trinajstić information content (AvgIpc) is 3.40. The van der Waals surface area contributed by atoms with Crippen molar-refractivity contribution in [2.24, 2.45) is 0 Å². The van der Waals surface area contributed by atoms with Crippen LogP contribution in [0.15, 0.2) is 34.1 Å². The fourth-order valence-corrected chi connectivity index (χ4v) is 7.09. The summed E-state index contributed by atoms with van der Waals surface area (Å²) in [5.74, 6) is -0.0935. The van der Waals surface area contributed by atoms with Crippen molar-refractivity contribution >= 4 is 51.1 Å². The van der Waals surface area contributed by atoms with Gasteiger partial charge in [0, 0.05) is 30.7 Å². The Labute approximate surface area is 258 Å². The highest BCUT2D eigenvalue weighted by Gasteiger charge is 2.56. The molecule has 0 radical (unpaired) electrons. The van der Waals surface area contributed by atoms with Gasteiger partial charge in [0.2, 0.25) is 0 Å². The molecule has 2 aromatic heterocycles. The minimum Gasteiger partial charge on any atom is -0.387 e. The molecule has 0 spiro atoms. The van der Waals surface area contributed by atoms with E-state index >= 15 is 0 Å². The third kappa shape index (κ3) is 8.97. The summed E-state index contributed by atoms with van der Waals surface area (Å²) in [6.45, 7) is -1.40. The zero-order valence-electron chi connectivity index (χ0n) is 22.1. The largest absolute Gasteiger partial charge is 0.798 e. The van der Waals surface area contributed by atoms with Crippen molar-refractivity contribution < 1.29 is 70.1 Å². The van der Waals surface area contributed by atoms with Gasteiger partial charge in [-0.05, 0) is 12.1 Å². The second-order valence-corrected chi connectivity index (χ2v) is 13.6. The van der Waals surface area contributed by atoms with E-state index in [4.69, 9.17) is 36.5 Å². The number of aliphatic hydroxyl groups is 4. The Bertz CT molecular complexity index is 1640. The molecule has 0 aliphatic carbocycles. The molecule has 27 heteroatoms. The Balaban J connectivity index is 1.18. The molecule has 0 aromatic carbocycles. The molecule has 2 fully saturated rings. The highest BCUT2D eigenvalue weighted by atomic mass is 32.1. The Hall–Kier alpha value is -2.26. The topological polar surface area (TPSA) is 313 Å². The summed E-state index contributed by atoms with van der Waals surface area (Å²) < 4.78 is 83.0. The Kier molecular flexibility index (Phi) is 12.3. The minimum atomic E-state index is -3.46. The molecule has 45 heavy (non-hydrogen) atoms. The lowest BCUT2D eigenvalue weighted by molar-refractivity contribution is -0.0516. The van der Waals surface area contributed by atoms with Crippen LogP contribution < -0.4 is 17.1 Å². The molecular weight excluding hydrogens is 714 g/mol. The van der Waals surface area contributed by atoms with Crippen LogP contribution in [0.25, 0.3) is 0 Å². The number of nitrogen functional groups attached to an aromatic ring is 1. The van der Waals surface area contributed by atoms with Crippen molar-refractivity contribution in [2.75, 3.05) is 18.9 Å². The van der Waals surface area contributed by atoms with E-state index in [2.05, 4.69) is 22.9 Å². The summed E-state index contributed by atoms with van der Waals surface area (Å²) in [7, 11) is -13.5. The van der Waals surface area contributed by atoms with Gasteiger partial charge in [-0.2, -0.15) is 4.98 Å². The summed E-state index contributed by atoms with van der Waals surface area (Å²) in [6, 6.07) is 2.58. The van der Waals surface area contributed by atoms with Crippen molar-refractivity contribution in [3.05, 3.63) is 50.1 Å². The van der Waals surface area contributed by atoms with Crippen LogP contribution >= 0.6 is 45.2 Å². The van der Waals surface area contributed by atoms with Crippen LogP contribution in [-0.4, -0.2) is 89.4 Å². The van der Waals surface area contributed by atoms with Gasteiger partial charge in [0.25, 0.3) is 0 Å². The number of aliphatic hydroxyl groups excluding tert-OH is 4. The predicted molar refractivity (Wildman–Crippen MR) is 146 cm³/mol. The molecule has 2 saturated heterocycles. The molecule has 4 rings (SSSR count). The second-order valence-electron chi connectivity index (χ2n) is 8.88. The number of nitrogens with zero attached hydrogens (tertiary/aromatic N) is 3. The number of nitrogens with two attached hydrogens (primary N) is 1. The van der Waals surface area contributed by atoms with Crippen LogP contribution in [-0.2, 0) is 49.7 Å². The van der Waals surface area contributed by atoms with E-state index in [-0.39, 0.29) is 10.5 Å². The van der Waals surface area contributed by atoms with Gasteiger partial charge in [-0.25, -0.2) is 9.59 Å². The van der Waals surface area contributed by atoms with Crippen LogP contribution in [0.2, 0.25) is 0 Å². The van der Waals surface area contributed by atoms with E-state index in [1.165, 1.54) is 24.5 Å². The van der Waals surface area contributed by atoms with Gasteiger partial charge >= 0.3 is 44.4 Å². The van der Waals surface area contributed by atoms with Gasteiger partial charge in [0.05, 0.1) is 0 Å². The summed E-state index contributed by atoms with van der Waals surface area (Å²) in [5.41, 5.74) is 3.78. The van der Waals surface area contributed by atoms with E-state index in [0.29, 0.717) is 0 Å². The van der Waals surface area contributed by atoms with E-state index in [0.717, 1.165) is 9.13 Å². The Morgan fingerprint density at radius 2 is 1.27 bits per heavy atom. The van der Waals surface area contributed by atoms with E-state index in [1.807, 2.05) is 0 Å². The maximum atomic E-state index is 12.1. The fourth-order valence-electron chi connectivity index (χ4n) is 3.95. The van der Waals surface area contributed by atoms with E-state index < -0.39 is 107 Å². The fraction of sp³-hybridized carbons (Fsp3) is 0.556. The highest BCUT2D eigenvalue weighted by Crippen LogP contribution is 2.51. The lowest BCUT2D eigenvalue weighted by Gasteiger charge is -2.16. The maximum absolute atomic E-state index is 12.1. The van der Waals surface area contributed by atoms with Gasteiger partial charge in [-0.15, -0.1) is 9.05 Å². The number of aromatic amines is 1. The number of nitrogens with one attached hydrogen (secondary N) is 1. The molecule has 2 aromatic rings. The van der Waals surface area contributed by atoms with Gasteiger partial charge in [0.15, 0.2) is 25.4 Å². The van der Waals surface area contributed by atoms with Gasteiger partial charge in [-0.1, -0.05) is 12.2 Å². The van der Waals surface area contributed by atoms with Crippen LogP contribution in [0.1, 0.15) is 12.5 Å². The molecule has 7 N–H and O–H groups in total. The minimum absolute atomic E-state index is 0.0935. The summed E-state index contributed by atoms with van der Waals surface area (Å²) in [5, 5.41) is 40.8. The summed E-state index contributed by atoms with van der Waals surface area (Å²) >= 11 is 4.82. The van der Waals surface area contributed by atoms with Gasteiger partial charge < -0.3 is 35.6 Å². The molecule has 2 aliphatic rings. The maximum Gasteiger partial charge on any atom is 0.798 e. The smallest absolute Gasteiger partial charge is 0.387 e. The van der Waals surface area contributed by atoms with Crippen molar-refractivity contribution in [2.45, 2.75) is 49.1 Å². The van der Waals surface area contributed by atoms with Crippen molar-refractivity contribution in [1.82, 2.24) is 19.1 Å². The monoisotopic (exact) mass is 737 g/mol. The quantitative estimate of drug-likeness (QED) is 0.107. The third-order valence-corrected chi connectivity index (χ3v) is 10.2. The zero-order chi connectivity index (χ0) is 33.0. The van der Waals surface area contributed by atoms with Crippen LogP contribution in [0.3, 0.4) is 0 Å². The highest BCUT2D eigenvalue weighted by molar-refractivity contribution is 7.71. The molecular formula is C18H23N5O17P4S+4. The van der Waals surface area contributed by atoms with E-state index in [9.17, 15) is 48.3 Å². The number of hydrogen-bond donors (Lipinski definition) is 6. The van der Waals surface area contributed by atoms with Crippen molar-refractivity contribution in [3.63, 3.8) is 0 Å². The van der Waals surface area contributed by atoms with Gasteiger partial charge in [-0.3, -0.25) is 14.1 Å². The first kappa shape index (κ1) is 35.6. The summed E-state index contributed by atoms with van der Waals surface area (Å²) in [6.07, 6.45) is -9.53. The normalized spacial score (nSPS) is 29.4. The molecule has 4 heterocycles. The van der Waals surface area contributed by atoms with Gasteiger partial charge in [0.1, 0.15) is 60.3 Å². The number of aromatic nitrogens is 4. The standard InChI is InChI=1S/C18H21N5O17P4S/c19-9-1-3-22(17(28)20-9)15-13(26)11(24)7(36-15)5-34-41(30)38-43(32)40-44(33)39-42(31)35-6-8-12(25)14(27)16(37-8)23-4-2-10(45)21-18(23)29/h1-4,7-8,11-16,24-27H,5-6H2,(H-2,19,20,21,28,29,45)/q+2/p+2/t7-,8+,11-,12+,13+,14+,15-,16+/m0/s1. The molecule has 12 atom stereocenters. The predicted octanol–water partition coefficient (Wildman–Crippen LogP) is -0.304. The molecule has 0 bridgehead atoms. The van der Waals surface area contributed by atoms with Crippen LogP contribution in [0, 0.1) is 4.64 Å². The number of anilines is 1. The zero-order valence-corrected chi connectivity index (χ0v) is 26.4. The second kappa shape index (κ2) is 15.6. The molecule has 0 saturated carbocycles. The lowest BCUT2D eigenvalue weighted by atomic mass is 10.1. The Morgan fingerprint density at radius 3 is 1.76 bits per heavy atom. The number of H-pyrrole nitrogens is 1. The van der Waals surface area contributed by atoms with Crippen molar-refractivity contribution in [1.29, 1.82) is 0 Å². The molecule has 2 aliphatic heterocycles. The average molecular weight is 737 g/mol.